The van der Waals surface area contributed by atoms with E-state index in [0.29, 0.717) is 6.54 Å². The second-order valence-corrected chi connectivity index (χ2v) is 6.59. The third-order valence-electron chi connectivity index (χ3n) is 3.24. The summed E-state index contributed by atoms with van der Waals surface area (Å²) >= 11 is 2.28. The zero-order valence-electron chi connectivity index (χ0n) is 12.0. The van der Waals surface area contributed by atoms with Gasteiger partial charge in [0, 0.05) is 42.0 Å². The van der Waals surface area contributed by atoms with Crippen LogP contribution in [-0.4, -0.2) is 54.6 Å². The lowest BCUT2D eigenvalue weighted by atomic mass is 10.2. The predicted molar refractivity (Wildman–Crippen MR) is 88.9 cm³/mol. The molecule has 1 saturated heterocycles. The summed E-state index contributed by atoms with van der Waals surface area (Å²) in [5.41, 5.74) is 1.17. The fourth-order valence-electron chi connectivity index (χ4n) is 2.31. The molecule has 0 unspecified atom stereocenters. The lowest BCUT2D eigenvalue weighted by Gasteiger charge is -2.35. The molecule has 1 aliphatic rings. The van der Waals surface area contributed by atoms with Gasteiger partial charge in [-0.25, -0.2) is 0 Å². The summed E-state index contributed by atoms with van der Waals surface area (Å²) in [7, 11) is 0. The SMILES string of the molecule is CC(C)NC(=O)CN1CCN(c2cncc(I)c2)CC1. The number of amides is 1. The zero-order valence-corrected chi connectivity index (χ0v) is 14.1. The van der Waals surface area contributed by atoms with Gasteiger partial charge < -0.3 is 10.2 Å². The van der Waals surface area contributed by atoms with Gasteiger partial charge in [-0.1, -0.05) is 0 Å². The summed E-state index contributed by atoms with van der Waals surface area (Å²) in [6, 6.07) is 2.36. The number of nitrogens with zero attached hydrogens (tertiary/aromatic N) is 3. The van der Waals surface area contributed by atoms with Crippen molar-refractivity contribution in [3.63, 3.8) is 0 Å². The number of carbonyl (C=O) groups is 1. The molecule has 0 spiro atoms. The Hall–Kier alpha value is -0.890. The standard InChI is InChI=1S/C14H21IN4O/c1-11(2)17-14(20)10-18-3-5-19(6-4-18)13-7-12(15)8-16-9-13/h7-9,11H,3-6,10H2,1-2H3,(H,17,20). The Morgan fingerprint density at radius 1 is 1.35 bits per heavy atom. The molecule has 20 heavy (non-hydrogen) atoms. The molecule has 0 aliphatic carbocycles. The zero-order chi connectivity index (χ0) is 14.5. The Morgan fingerprint density at radius 2 is 2.05 bits per heavy atom. The van der Waals surface area contributed by atoms with Gasteiger partial charge in [-0.05, 0) is 42.5 Å². The van der Waals surface area contributed by atoms with Crippen LogP contribution in [0.2, 0.25) is 0 Å². The molecular weight excluding hydrogens is 367 g/mol. The maximum atomic E-state index is 11.7. The topological polar surface area (TPSA) is 48.5 Å². The van der Waals surface area contributed by atoms with Crippen molar-refractivity contribution in [1.82, 2.24) is 15.2 Å². The molecule has 0 radical (unpaired) electrons. The largest absolute Gasteiger partial charge is 0.368 e. The first-order chi connectivity index (χ1) is 9.54. The third kappa shape index (κ3) is 4.59. The first-order valence-electron chi connectivity index (χ1n) is 6.92. The number of nitrogens with one attached hydrogen (secondary N) is 1. The summed E-state index contributed by atoms with van der Waals surface area (Å²) in [6.07, 6.45) is 3.76. The third-order valence-corrected chi connectivity index (χ3v) is 3.83. The summed E-state index contributed by atoms with van der Waals surface area (Å²) in [4.78, 5) is 20.5. The molecule has 6 heteroatoms. The Morgan fingerprint density at radius 3 is 2.65 bits per heavy atom. The maximum absolute atomic E-state index is 11.7. The summed E-state index contributed by atoms with van der Waals surface area (Å²) in [6.45, 7) is 8.18. The molecule has 110 valence electrons. The molecule has 1 fully saturated rings. The van der Waals surface area contributed by atoms with Crippen molar-refractivity contribution in [2.75, 3.05) is 37.6 Å². The van der Waals surface area contributed by atoms with Gasteiger partial charge in [0.1, 0.15) is 0 Å². The Labute approximate surface area is 133 Å². The van der Waals surface area contributed by atoms with E-state index in [9.17, 15) is 4.79 Å². The average Bonchev–Trinajstić information content (AvgIpc) is 2.38. The maximum Gasteiger partial charge on any atom is 0.234 e. The fourth-order valence-corrected chi connectivity index (χ4v) is 2.79. The molecule has 1 aliphatic heterocycles. The predicted octanol–water partition coefficient (Wildman–Crippen LogP) is 1.33. The van der Waals surface area contributed by atoms with Crippen LogP contribution in [-0.2, 0) is 4.79 Å². The number of aromatic nitrogens is 1. The van der Waals surface area contributed by atoms with E-state index >= 15 is 0 Å². The Balaban J connectivity index is 1.82. The van der Waals surface area contributed by atoms with E-state index in [1.54, 1.807) is 0 Å². The van der Waals surface area contributed by atoms with Crippen LogP contribution in [0.15, 0.2) is 18.5 Å². The highest BCUT2D eigenvalue weighted by Gasteiger charge is 2.19. The first-order valence-corrected chi connectivity index (χ1v) is 7.99. The molecule has 0 atom stereocenters. The number of anilines is 1. The molecule has 1 N–H and O–H groups in total. The molecular formula is C14H21IN4O. The van der Waals surface area contributed by atoms with Gasteiger partial charge in [0.15, 0.2) is 0 Å². The van der Waals surface area contributed by atoms with E-state index < -0.39 is 0 Å². The van der Waals surface area contributed by atoms with Crippen LogP contribution < -0.4 is 10.2 Å². The van der Waals surface area contributed by atoms with Gasteiger partial charge in [-0.2, -0.15) is 0 Å². The van der Waals surface area contributed by atoms with Crippen LogP contribution in [0.3, 0.4) is 0 Å². The van der Waals surface area contributed by atoms with Crippen molar-refractivity contribution in [1.29, 1.82) is 0 Å². The van der Waals surface area contributed by atoms with Gasteiger partial charge in [0.05, 0.1) is 18.4 Å². The Kier molecular flexibility index (Phi) is 5.59. The first kappa shape index (κ1) is 15.5. The van der Waals surface area contributed by atoms with Gasteiger partial charge in [0.2, 0.25) is 5.91 Å². The van der Waals surface area contributed by atoms with Crippen LogP contribution in [0.5, 0.6) is 0 Å². The van der Waals surface area contributed by atoms with Crippen LogP contribution in [0, 0.1) is 3.57 Å². The minimum atomic E-state index is 0.115. The minimum absolute atomic E-state index is 0.115. The van der Waals surface area contributed by atoms with E-state index in [-0.39, 0.29) is 11.9 Å². The molecule has 1 aromatic rings. The van der Waals surface area contributed by atoms with Gasteiger partial charge in [-0.15, -0.1) is 0 Å². The van der Waals surface area contributed by atoms with Crippen molar-refractivity contribution >= 4 is 34.2 Å². The lowest BCUT2D eigenvalue weighted by Crippen LogP contribution is -2.50. The van der Waals surface area contributed by atoms with Crippen molar-refractivity contribution < 1.29 is 4.79 Å². The molecule has 2 rings (SSSR count). The summed E-state index contributed by atoms with van der Waals surface area (Å²) < 4.78 is 1.15. The van der Waals surface area contributed by atoms with Crippen molar-refractivity contribution in [2.45, 2.75) is 19.9 Å². The molecule has 1 amide bonds. The quantitative estimate of drug-likeness (QED) is 0.791. The highest BCUT2D eigenvalue weighted by atomic mass is 127. The van der Waals surface area contributed by atoms with Crippen LogP contribution in [0.1, 0.15) is 13.8 Å². The number of halogens is 1. The lowest BCUT2D eigenvalue weighted by molar-refractivity contribution is -0.122. The monoisotopic (exact) mass is 388 g/mol. The Bertz CT molecular complexity index is 458. The fraction of sp³-hybridized carbons (Fsp3) is 0.571. The van der Waals surface area contributed by atoms with Crippen molar-refractivity contribution in [2.24, 2.45) is 0 Å². The summed E-state index contributed by atoms with van der Waals surface area (Å²) in [5.74, 6) is 0.115. The molecule has 1 aromatic heterocycles. The molecule has 0 bridgehead atoms. The van der Waals surface area contributed by atoms with E-state index in [0.717, 1.165) is 29.7 Å². The smallest absolute Gasteiger partial charge is 0.234 e. The second kappa shape index (κ2) is 7.21. The van der Waals surface area contributed by atoms with Gasteiger partial charge in [-0.3, -0.25) is 14.7 Å². The van der Waals surface area contributed by atoms with Crippen molar-refractivity contribution in [3.8, 4) is 0 Å². The van der Waals surface area contributed by atoms with E-state index in [4.69, 9.17) is 0 Å². The highest BCUT2D eigenvalue weighted by Crippen LogP contribution is 2.17. The number of carbonyl (C=O) groups excluding carboxylic acids is 1. The van der Waals surface area contributed by atoms with Crippen LogP contribution in [0.4, 0.5) is 5.69 Å². The summed E-state index contributed by atoms with van der Waals surface area (Å²) in [5, 5.41) is 2.94. The highest BCUT2D eigenvalue weighted by molar-refractivity contribution is 14.1. The van der Waals surface area contributed by atoms with E-state index in [2.05, 4.69) is 48.8 Å². The number of hydrogen-bond acceptors (Lipinski definition) is 4. The minimum Gasteiger partial charge on any atom is -0.368 e. The van der Waals surface area contributed by atoms with Crippen LogP contribution >= 0.6 is 22.6 Å². The average molecular weight is 388 g/mol. The molecule has 5 nitrogen and oxygen atoms in total. The second-order valence-electron chi connectivity index (χ2n) is 5.35. The number of pyridine rings is 1. The number of rotatable bonds is 4. The van der Waals surface area contributed by atoms with Gasteiger partial charge in [0.25, 0.3) is 0 Å². The molecule has 2 heterocycles. The van der Waals surface area contributed by atoms with E-state index in [1.807, 2.05) is 26.2 Å². The van der Waals surface area contributed by atoms with Crippen LogP contribution in [0.25, 0.3) is 0 Å². The number of piperazine rings is 1. The number of hydrogen-bond donors (Lipinski definition) is 1. The van der Waals surface area contributed by atoms with Gasteiger partial charge >= 0.3 is 0 Å². The van der Waals surface area contributed by atoms with E-state index in [1.165, 1.54) is 5.69 Å². The molecule has 0 aromatic carbocycles. The molecule has 0 saturated carbocycles. The van der Waals surface area contributed by atoms with Crippen molar-refractivity contribution in [3.05, 3.63) is 22.0 Å². The normalized spacial score (nSPS) is 16.5.